The van der Waals surface area contributed by atoms with Crippen molar-refractivity contribution in [3.05, 3.63) is 23.8 Å². The Hall–Kier alpha value is -1.59. The number of aliphatic hydroxyl groups is 1. The Morgan fingerprint density at radius 1 is 1.40 bits per heavy atom. The second-order valence-electron chi connectivity index (χ2n) is 5.31. The van der Waals surface area contributed by atoms with Crippen molar-refractivity contribution in [2.24, 2.45) is 0 Å². The van der Waals surface area contributed by atoms with Crippen LogP contribution >= 0.6 is 0 Å². The zero-order chi connectivity index (χ0) is 14.1. The molecule has 2 aliphatic rings. The van der Waals surface area contributed by atoms with E-state index in [2.05, 4.69) is 10.2 Å². The molecule has 0 aliphatic carbocycles. The van der Waals surface area contributed by atoms with E-state index in [9.17, 15) is 9.90 Å². The number of ether oxygens (including phenoxy) is 1. The molecule has 0 saturated carbocycles. The predicted octanol–water partition coefficient (Wildman–Crippen LogP) is 1.68. The summed E-state index contributed by atoms with van der Waals surface area (Å²) in [4.78, 5) is 13.7. The van der Waals surface area contributed by atoms with Gasteiger partial charge in [0.25, 0.3) is 5.91 Å². The van der Waals surface area contributed by atoms with Gasteiger partial charge in [-0.2, -0.15) is 0 Å². The predicted molar refractivity (Wildman–Crippen MR) is 76.9 cm³/mol. The van der Waals surface area contributed by atoms with Crippen molar-refractivity contribution in [3.63, 3.8) is 0 Å². The van der Waals surface area contributed by atoms with Crippen LogP contribution in [0.5, 0.6) is 0 Å². The highest BCUT2D eigenvalue weighted by Gasteiger charge is 2.29. The first-order chi connectivity index (χ1) is 9.69. The van der Waals surface area contributed by atoms with Gasteiger partial charge >= 0.3 is 0 Å². The lowest BCUT2D eigenvalue weighted by Gasteiger charge is -2.33. The van der Waals surface area contributed by atoms with Gasteiger partial charge in [-0.25, -0.2) is 0 Å². The number of nitrogens with one attached hydrogen (secondary N) is 1. The summed E-state index contributed by atoms with van der Waals surface area (Å²) in [6.07, 6.45) is 1.40. The third-order valence-corrected chi connectivity index (χ3v) is 4.05. The molecule has 1 aromatic carbocycles. The molecule has 3 rings (SSSR count). The van der Waals surface area contributed by atoms with Gasteiger partial charge in [0.1, 0.15) is 0 Å². The molecule has 0 bridgehead atoms. The Kier molecular flexibility index (Phi) is 3.63. The maximum absolute atomic E-state index is 11.4. The topological polar surface area (TPSA) is 61.8 Å². The van der Waals surface area contributed by atoms with Gasteiger partial charge in [0.15, 0.2) is 6.10 Å². The number of benzene rings is 1. The summed E-state index contributed by atoms with van der Waals surface area (Å²) in [6, 6.07) is 5.76. The Morgan fingerprint density at radius 3 is 2.85 bits per heavy atom. The summed E-state index contributed by atoms with van der Waals surface area (Å²) in [5.41, 5.74) is 2.49. The van der Waals surface area contributed by atoms with Crippen LogP contribution in [0.4, 0.5) is 11.4 Å². The Labute approximate surface area is 118 Å². The monoisotopic (exact) mass is 276 g/mol. The minimum atomic E-state index is -1.03. The molecule has 108 valence electrons. The van der Waals surface area contributed by atoms with Gasteiger partial charge < -0.3 is 20.1 Å². The molecule has 5 nitrogen and oxygen atoms in total. The van der Waals surface area contributed by atoms with Crippen LogP contribution in [0.1, 0.15) is 31.4 Å². The van der Waals surface area contributed by atoms with Crippen LogP contribution < -0.4 is 10.2 Å². The SMILES string of the molecule is CCOC1CCN(c2ccc3c(c2)NC(=O)C3O)CC1. The van der Waals surface area contributed by atoms with E-state index < -0.39 is 6.10 Å². The minimum Gasteiger partial charge on any atom is -0.378 e. The quantitative estimate of drug-likeness (QED) is 0.881. The van der Waals surface area contributed by atoms with E-state index in [-0.39, 0.29) is 5.91 Å². The molecule has 1 amide bonds. The largest absolute Gasteiger partial charge is 0.378 e. The molecule has 2 aliphatic heterocycles. The molecule has 0 spiro atoms. The number of hydrogen-bond acceptors (Lipinski definition) is 4. The summed E-state index contributed by atoms with van der Waals surface area (Å²) < 4.78 is 5.65. The van der Waals surface area contributed by atoms with Gasteiger partial charge in [-0.05, 0) is 31.9 Å². The van der Waals surface area contributed by atoms with Crippen LogP contribution in [-0.4, -0.2) is 36.8 Å². The van der Waals surface area contributed by atoms with Crippen molar-refractivity contribution < 1.29 is 14.6 Å². The highest BCUT2D eigenvalue weighted by atomic mass is 16.5. The fraction of sp³-hybridized carbons (Fsp3) is 0.533. The van der Waals surface area contributed by atoms with E-state index >= 15 is 0 Å². The first-order valence-corrected chi connectivity index (χ1v) is 7.18. The normalized spacial score (nSPS) is 22.8. The molecule has 1 aromatic rings. The van der Waals surface area contributed by atoms with E-state index in [1.807, 2.05) is 25.1 Å². The van der Waals surface area contributed by atoms with E-state index in [0.29, 0.717) is 11.7 Å². The fourth-order valence-corrected chi connectivity index (χ4v) is 2.95. The Balaban J connectivity index is 1.71. The van der Waals surface area contributed by atoms with Crippen molar-refractivity contribution in [1.29, 1.82) is 0 Å². The standard InChI is InChI=1S/C15H20N2O3/c1-2-20-11-5-7-17(8-6-11)10-3-4-12-13(9-10)16-15(19)14(12)18/h3-4,9,11,14,18H,2,5-8H2,1H3,(H,16,19). The number of piperidine rings is 1. The summed E-state index contributed by atoms with van der Waals surface area (Å²) in [5, 5.41) is 12.4. The molecule has 2 heterocycles. The fourth-order valence-electron chi connectivity index (χ4n) is 2.95. The van der Waals surface area contributed by atoms with Gasteiger partial charge in [-0.15, -0.1) is 0 Å². The lowest BCUT2D eigenvalue weighted by Crippen LogP contribution is -2.37. The van der Waals surface area contributed by atoms with Crippen molar-refractivity contribution in [1.82, 2.24) is 0 Å². The number of anilines is 2. The second kappa shape index (κ2) is 5.42. The molecule has 1 saturated heterocycles. The number of fused-ring (bicyclic) bond motifs is 1. The molecule has 0 radical (unpaired) electrons. The summed E-state index contributed by atoms with van der Waals surface area (Å²) in [6.45, 7) is 4.72. The molecule has 0 aromatic heterocycles. The van der Waals surface area contributed by atoms with Crippen molar-refractivity contribution in [2.75, 3.05) is 29.9 Å². The summed E-state index contributed by atoms with van der Waals surface area (Å²) >= 11 is 0. The number of carbonyl (C=O) groups is 1. The van der Waals surface area contributed by atoms with Crippen LogP contribution in [-0.2, 0) is 9.53 Å². The third kappa shape index (κ3) is 2.39. The zero-order valence-corrected chi connectivity index (χ0v) is 11.6. The highest BCUT2D eigenvalue weighted by molar-refractivity contribution is 6.02. The lowest BCUT2D eigenvalue weighted by atomic mass is 10.1. The molecule has 2 N–H and O–H groups in total. The maximum atomic E-state index is 11.4. The van der Waals surface area contributed by atoms with Crippen LogP contribution in [0.15, 0.2) is 18.2 Å². The third-order valence-electron chi connectivity index (χ3n) is 4.05. The molecule has 1 unspecified atom stereocenters. The number of aliphatic hydroxyl groups excluding tert-OH is 1. The summed E-state index contributed by atoms with van der Waals surface area (Å²) in [5.74, 6) is -0.341. The molecular formula is C15H20N2O3. The maximum Gasteiger partial charge on any atom is 0.257 e. The van der Waals surface area contributed by atoms with Gasteiger partial charge in [0.2, 0.25) is 0 Å². The van der Waals surface area contributed by atoms with E-state index in [1.54, 1.807) is 0 Å². The lowest BCUT2D eigenvalue weighted by molar-refractivity contribution is -0.123. The van der Waals surface area contributed by atoms with Crippen molar-refractivity contribution >= 4 is 17.3 Å². The average Bonchev–Trinajstić information content (AvgIpc) is 2.75. The molecular weight excluding hydrogens is 256 g/mol. The Morgan fingerprint density at radius 2 is 2.15 bits per heavy atom. The van der Waals surface area contributed by atoms with Crippen LogP contribution in [0.3, 0.4) is 0 Å². The van der Waals surface area contributed by atoms with Crippen LogP contribution in [0, 0.1) is 0 Å². The van der Waals surface area contributed by atoms with E-state index in [1.165, 1.54) is 0 Å². The molecule has 20 heavy (non-hydrogen) atoms. The smallest absolute Gasteiger partial charge is 0.257 e. The molecule has 1 atom stereocenters. The summed E-state index contributed by atoms with van der Waals surface area (Å²) in [7, 11) is 0. The molecule has 5 heteroatoms. The van der Waals surface area contributed by atoms with E-state index in [4.69, 9.17) is 4.74 Å². The molecule has 1 fully saturated rings. The van der Waals surface area contributed by atoms with Crippen LogP contribution in [0.25, 0.3) is 0 Å². The highest BCUT2D eigenvalue weighted by Crippen LogP contribution is 2.34. The van der Waals surface area contributed by atoms with Gasteiger partial charge in [0, 0.05) is 36.6 Å². The van der Waals surface area contributed by atoms with Gasteiger partial charge in [0.05, 0.1) is 6.10 Å². The first-order valence-electron chi connectivity index (χ1n) is 7.18. The zero-order valence-electron chi connectivity index (χ0n) is 11.6. The number of hydrogen-bond donors (Lipinski definition) is 2. The van der Waals surface area contributed by atoms with Crippen molar-refractivity contribution in [2.45, 2.75) is 32.0 Å². The average molecular weight is 276 g/mol. The minimum absolute atomic E-state index is 0.341. The Bertz CT molecular complexity index is 510. The van der Waals surface area contributed by atoms with Crippen LogP contribution in [0.2, 0.25) is 0 Å². The van der Waals surface area contributed by atoms with Gasteiger partial charge in [-0.3, -0.25) is 4.79 Å². The number of amides is 1. The number of nitrogens with zero attached hydrogens (tertiary/aromatic N) is 1. The number of carbonyl (C=O) groups excluding carboxylic acids is 1. The first kappa shape index (κ1) is 13.4. The number of rotatable bonds is 3. The second-order valence-corrected chi connectivity index (χ2v) is 5.31. The van der Waals surface area contributed by atoms with Gasteiger partial charge in [-0.1, -0.05) is 6.07 Å². The van der Waals surface area contributed by atoms with E-state index in [0.717, 1.165) is 43.9 Å². The van der Waals surface area contributed by atoms with Crippen molar-refractivity contribution in [3.8, 4) is 0 Å².